The summed E-state index contributed by atoms with van der Waals surface area (Å²) >= 11 is 0. The molecule has 50 heavy (non-hydrogen) atoms. The lowest BCUT2D eigenvalue weighted by Crippen LogP contribution is -2.52. The van der Waals surface area contributed by atoms with Gasteiger partial charge in [0.05, 0.1) is 35.6 Å². The SMILES string of the molecule is CC(C)CN(C[C@@H](O)[C@H](Cc1ccccc1)NC(=O)CNC(=O)CNC(C)(C)c1cccc(F)c1)S(=O)c1ccc2ncccc2c1.CCC. The number of carbonyl (C=O) groups is 2. The topological polar surface area (TPSA) is 124 Å². The Bertz CT molecular complexity index is 1690. The highest BCUT2D eigenvalue weighted by Crippen LogP contribution is 2.21. The molecule has 4 N–H and O–H groups in total. The van der Waals surface area contributed by atoms with Crippen molar-refractivity contribution in [2.75, 3.05) is 26.2 Å². The van der Waals surface area contributed by atoms with Crippen molar-refractivity contribution in [2.45, 2.75) is 77.0 Å². The molecule has 9 nitrogen and oxygen atoms in total. The Morgan fingerprint density at radius 2 is 1.64 bits per heavy atom. The Morgan fingerprint density at radius 3 is 2.32 bits per heavy atom. The third-order valence-electron chi connectivity index (χ3n) is 7.76. The summed E-state index contributed by atoms with van der Waals surface area (Å²) in [6.07, 6.45) is 2.21. The first-order valence-electron chi connectivity index (χ1n) is 17.1. The van der Waals surface area contributed by atoms with Crippen LogP contribution in [0.15, 0.2) is 96.0 Å². The predicted molar refractivity (Wildman–Crippen MR) is 199 cm³/mol. The van der Waals surface area contributed by atoms with Gasteiger partial charge in [-0.25, -0.2) is 12.9 Å². The van der Waals surface area contributed by atoms with Gasteiger partial charge in [0.2, 0.25) is 11.8 Å². The van der Waals surface area contributed by atoms with Gasteiger partial charge in [0, 0.05) is 30.2 Å². The number of hydrogen-bond acceptors (Lipinski definition) is 6. The van der Waals surface area contributed by atoms with Crippen LogP contribution in [0, 0.1) is 11.7 Å². The summed E-state index contributed by atoms with van der Waals surface area (Å²) < 4.78 is 29.3. The van der Waals surface area contributed by atoms with Crippen LogP contribution in [0.1, 0.15) is 59.1 Å². The molecule has 0 spiro atoms. The van der Waals surface area contributed by atoms with E-state index in [9.17, 15) is 23.3 Å². The van der Waals surface area contributed by atoms with Crippen molar-refractivity contribution in [3.8, 4) is 0 Å². The molecule has 1 unspecified atom stereocenters. The first kappa shape index (κ1) is 40.4. The minimum atomic E-state index is -1.58. The highest BCUT2D eigenvalue weighted by atomic mass is 32.2. The van der Waals surface area contributed by atoms with Gasteiger partial charge in [-0.15, -0.1) is 0 Å². The minimum absolute atomic E-state index is 0.0408. The second-order valence-electron chi connectivity index (χ2n) is 13.3. The molecule has 4 rings (SSSR count). The van der Waals surface area contributed by atoms with Gasteiger partial charge in [-0.3, -0.25) is 19.9 Å². The number of halogens is 1. The number of aliphatic hydroxyl groups excluding tert-OH is 1. The Balaban J connectivity index is 0.00000217. The van der Waals surface area contributed by atoms with E-state index in [-0.39, 0.29) is 31.4 Å². The molecule has 0 radical (unpaired) electrons. The van der Waals surface area contributed by atoms with E-state index in [0.29, 0.717) is 23.4 Å². The molecule has 1 heterocycles. The molecule has 0 saturated carbocycles. The van der Waals surface area contributed by atoms with Gasteiger partial charge in [-0.05, 0) is 73.7 Å². The molecular weight excluding hydrogens is 654 g/mol. The van der Waals surface area contributed by atoms with Crippen molar-refractivity contribution in [3.63, 3.8) is 0 Å². The average molecular weight is 706 g/mol. The summed E-state index contributed by atoms with van der Waals surface area (Å²) in [6, 6.07) is 24.1. The Labute approximate surface area is 298 Å². The van der Waals surface area contributed by atoms with Crippen molar-refractivity contribution >= 4 is 33.7 Å². The first-order valence-corrected chi connectivity index (χ1v) is 18.2. The largest absolute Gasteiger partial charge is 0.390 e. The molecule has 270 valence electrons. The van der Waals surface area contributed by atoms with E-state index in [1.54, 1.807) is 28.7 Å². The van der Waals surface area contributed by atoms with Crippen molar-refractivity contribution in [2.24, 2.45) is 5.92 Å². The lowest BCUT2D eigenvalue weighted by atomic mass is 9.94. The average Bonchev–Trinajstić information content (AvgIpc) is 3.09. The number of amides is 2. The van der Waals surface area contributed by atoms with Gasteiger partial charge in [0.25, 0.3) is 0 Å². The number of benzene rings is 3. The fourth-order valence-corrected chi connectivity index (χ4v) is 6.63. The zero-order chi connectivity index (χ0) is 36.7. The molecule has 3 aromatic carbocycles. The Hall–Kier alpha value is -4.03. The van der Waals surface area contributed by atoms with Crippen LogP contribution >= 0.6 is 0 Å². The van der Waals surface area contributed by atoms with E-state index in [1.807, 2.05) is 82.3 Å². The molecule has 2 amide bonds. The highest BCUT2D eigenvalue weighted by molar-refractivity contribution is 7.82. The van der Waals surface area contributed by atoms with E-state index in [4.69, 9.17) is 0 Å². The number of aromatic nitrogens is 1. The van der Waals surface area contributed by atoms with Gasteiger partial charge in [0.15, 0.2) is 0 Å². The lowest BCUT2D eigenvalue weighted by molar-refractivity contribution is -0.126. The number of nitrogens with zero attached hydrogens (tertiary/aromatic N) is 2. The Morgan fingerprint density at radius 1 is 0.920 bits per heavy atom. The third kappa shape index (κ3) is 13.0. The van der Waals surface area contributed by atoms with E-state index in [2.05, 4.69) is 34.8 Å². The molecule has 11 heteroatoms. The Kier molecular flexibility index (Phi) is 16.1. The van der Waals surface area contributed by atoms with Crippen LogP contribution in [-0.2, 0) is 32.5 Å². The molecule has 4 aromatic rings. The van der Waals surface area contributed by atoms with Crippen LogP contribution in [0.3, 0.4) is 0 Å². The van der Waals surface area contributed by atoms with Crippen LogP contribution in [0.4, 0.5) is 4.39 Å². The quantitative estimate of drug-likeness (QED) is 0.122. The fraction of sp³-hybridized carbons (Fsp3) is 0.410. The molecule has 1 aromatic heterocycles. The van der Waals surface area contributed by atoms with E-state index >= 15 is 0 Å². The first-order chi connectivity index (χ1) is 23.8. The number of hydrogen-bond donors (Lipinski definition) is 4. The maximum Gasteiger partial charge on any atom is 0.239 e. The van der Waals surface area contributed by atoms with E-state index in [1.165, 1.54) is 18.6 Å². The number of fused-ring (bicyclic) bond motifs is 1. The van der Waals surface area contributed by atoms with Crippen LogP contribution in [0.25, 0.3) is 10.9 Å². The van der Waals surface area contributed by atoms with Crippen LogP contribution < -0.4 is 16.0 Å². The number of rotatable bonds is 16. The normalized spacial score (nSPS) is 13.3. The number of aliphatic hydroxyl groups is 1. The van der Waals surface area contributed by atoms with Crippen molar-refractivity contribution < 1.29 is 23.3 Å². The summed E-state index contributed by atoms with van der Waals surface area (Å²) in [5.74, 6) is -1.09. The van der Waals surface area contributed by atoms with Gasteiger partial charge >= 0.3 is 0 Å². The minimum Gasteiger partial charge on any atom is -0.390 e. The van der Waals surface area contributed by atoms with E-state index in [0.717, 1.165) is 16.5 Å². The second-order valence-corrected chi connectivity index (χ2v) is 14.7. The summed E-state index contributed by atoms with van der Waals surface area (Å²) in [4.78, 5) is 30.6. The van der Waals surface area contributed by atoms with Gasteiger partial charge in [-0.1, -0.05) is 82.6 Å². The molecule has 0 saturated heterocycles. The maximum atomic E-state index is 13.8. The summed E-state index contributed by atoms with van der Waals surface area (Å²) in [5, 5.41) is 21.0. The number of pyridine rings is 1. The molecule has 0 aliphatic rings. The lowest BCUT2D eigenvalue weighted by Gasteiger charge is -2.30. The molecule has 0 aliphatic carbocycles. The van der Waals surface area contributed by atoms with Crippen molar-refractivity contribution in [3.05, 3.63) is 108 Å². The summed E-state index contributed by atoms with van der Waals surface area (Å²) in [7, 11) is -1.58. The van der Waals surface area contributed by atoms with Crippen molar-refractivity contribution in [1.29, 1.82) is 0 Å². The summed E-state index contributed by atoms with van der Waals surface area (Å²) in [6.45, 7) is 12.1. The summed E-state index contributed by atoms with van der Waals surface area (Å²) in [5.41, 5.74) is 1.71. The predicted octanol–water partition coefficient (Wildman–Crippen LogP) is 5.50. The number of nitrogens with one attached hydrogen (secondary N) is 3. The third-order valence-corrected chi connectivity index (χ3v) is 9.19. The van der Waals surface area contributed by atoms with Gasteiger partial charge in [0.1, 0.15) is 16.8 Å². The van der Waals surface area contributed by atoms with Gasteiger partial charge < -0.3 is 15.7 Å². The molecule has 0 aliphatic heterocycles. The number of carbonyl (C=O) groups excluding carboxylic acids is 2. The molecule has 0 bridgehead atoms. The fourth-order valence-electron chi connectivity index (χ4n) is 5.20. The van der Waals surface area contributed by atoms with Crippen LogP contribution in [0.5, 0.6) is 0 Å². The smallest absolute Gasteiger partial charge is 0.239 e. The highest BCUT2D eigenvalue weighted by Gasteiger charge is 2.28. The van der Waals surface area contributed by atoms with Crippen molar-refractivity contribution in [1.82, 2.24) is 25.2 Å². The van der Waals surface area contributed by atoms with E-state index < -0.39 is 40.5 Å². The van der Waals surface area contributed by atoms with Gasteiger partial charge in [-0.2, -0.15) is 0 Å². The maximum absolute atomic E-state index is 13.8. The monoisotopic (exact) mass is 705 g/mol. The van der Waals surface area contributed by atoms with Crippen LogP contribution in [-0.4, -0.2) is 68.7 Å². The van der Waals surface area contributed by atoms with Crippen LogP contribution in [0.2, 0.25) is 0 Å². The standard InChI is InChI=1S/C36H44FN5O4S.C3H8/c1-25(2)23-42(47(46)30-15-16-31-27(19-30)12-9-17-38-31)24-33(43)32(18-26-10-6-5-7-11-26)41-35(45)21-39-34(44)22-40-36(3,4)28-13-8-14-29(37)20-28;1-3-2/h5-17,19-20,25,32-33,40,43H,18,21-24H2,1-4H3,(H,39,44)(H,41,45);3H2,1-2H3/t32-,33+,47?;/m0./s1. The molecule has 3 atom stereocenters. The molecular formula is C39H52FN5O4S. The zero-order valence-corrected chi connectivity index (χ0v) is 30.8. The zero-order valence-electron chi connectivity index (χ0n) is 30.0. The second kappa shape index (κ2) is 20.0. The molecule has 0 fully saturated rings.